The van der Waals surface area contributed by atoms with Crippen LogP contribution in [-0.2, 0) is 23.1 Å². The van der Waals surface area contributed by atoms with Crippen LogP contribution in [-0.4, -0.2) is 40.6 Å². The second-order valence-electron chi connectivity index (χ2n) is 8.08. The van der Waals surface area contributed by atoms with Crippen LogP contribution in [0.3, 0.4) is 0 Å². The van der Waals surface area contributed by atoms with Gasteiger partial charge in [-0.15, -0.1) is 0 Å². The predicted octanol–water partition coefficient (Wildman–Crippen LogP) is 3.72. The minimum atomic E-state index is -3.69. The van der Waals surface area contributed by atoms with Gasteiger partial charge in [0.05, 0.1) is 19.1 Å². The fraction of sp³-hybridized carbons (Fsp3) is 0.478. The van der Waals surface area contributed by atoms with Crippen molar-refractivity contribution in [2.75, 3.05) is 27.3 Å². The molecule has 0 radical (unpaired) electrons. The fourth-order valence-electron chi connectivity index (χ4n) is 3.82. The van der Waals surface area contributed by atoms with Crippen molar-refractivity contribution in [3.8, 4) is 11.5 Å². The Labute approximate surface area is 180 Å². The molecule has 6 nitrogen and oxygen atoms in total. The molecule has 30 heavy (non-hydrogen) atoms. The van der Waals surface area contributed by atoms with Crippen molar-refractivity contribution in [2.24, 2.45) is 5.92 Å². The number of nitrogens with one attached hydrogen (secondary N) is 1. The Bertz CT molecular complexity index is 967. The summed E-state index contributed by atoms with van der Waals surface area (Å²) in [5.41, 5.74) is 2.76. The van der Waals surface area contributed by atoms with Gasteiger partial charge in [-0.2, -0.15) is 0 Å². The van der Waals surface area contributed by atoms with Crippen molar-refractivity contribution in [2.45, 2.75) is 44.7 Å². The lowest BCUT2D eigenvalue weighted by atomic mass is 9.98. The number of sulfonamides is 1. The van der Waals surface area contributed by atoms with Gasteiger partial charge in [0.1, 0.15) is 0 Å². The molecule has 0 aliphatic carbocycles. The van der Waals surface area contributed by atoms with E-state index in [1.54, 1.807) is 13.0 Å². The molecule has 0 spiro atoms. The maximum atomic E-state index is 12.9. The van der Waals surface area contributed by atoms with E-state index in [-0.39, 0.29) is 11.4 Å². The largest absolute Gasteiger partial charge is 0.493 e. The Balaban J connectivity index is 1.69. The first-order valence-electron chi connectivity index (χ1n) is 10.3. The number of aryl methyl sites for hydroxylation is 1. The first-order valence-corrected chi connectivity index (χ1v) is 11.8. The molecule has 0 amide bonds. The zero-order valence-electron chi connectivity index (χ0n) is 18.3. The Kier molecular flexibility index (Phi) is 7.39. The molecule has 0 saturated carbocycles. The highest BCUT2D eigenvalue weighted by molar-refractivity contribution is 7.89. The van der Waals surface area contributed by atoms with Gasteiger partial charge in [-0.1, -0.05) is 31.2 Å². The number of methoxy groups -OCH3 is 2. The van der Waals surface area contributed by atoms with Gasteiger partial charge in [0.15, 0.2) is 11.5 Å². The third-order valence-electron chi connectivity index (χ3n) is 5.71. The highest BCUT2D eigenvalue weighted by Gasteiger charge is 2.20. The lowest BCUT2D eigenvalue weighted by molar-refractivity contribution is 0.185. The summed E-state index contributed by atoms with van der Waals surface area (Å²) in [6, 6.07) is 11.3. The summed E-state index contributed by atoms with van der Waals surface area (Å²) in [6.07, 6.45) is 2.48. The summed E-state index contributed by atoms with van der Waals surface area (Å²) in [4.78, 5) is 2.66. The normalized spacial score (nSPS) is 15.9. The lowest BCUT2D eigenvalue weighted by Gasteiger charge is -2.30. The van der Waals surface area contributed by atoms with Crippen molar-refractivity contribution < 1.29 is 17.9 Å². The van der Waals surface area contributed by atoms with Crippen LogP contribution in [0, 0.1) is 12.8 Å². The van der Waals surface area contributed by atoms with Crippen LogP contribution in [0.25, 0.3) is 0 Å². The molecule has 2 aromatic rings. The quantitative estimate of drug-likeness (QED) is 0.689. The van der Waals surface area contributed by atoms with E-state index in [0.29, 0.717) is 17.1 Å². The standard InChI is InChI=1S/C23H32N2O4S/c1-17-8-10-25(11-9-17)16-20-7-5-6-19(13-20)15-24-30(26,27)23-14-22(29-4)21(28-3)12-18(23)2/h5-7,12-14,17,24H,8-11,15-16H2,1-4H3. The topological polar surface area (TPSA) is 67.9 Å². The van der Waals surface area contributed by atoms with Gasteiger partial charge in [0.25, 0.3) is 0 Å². The first kappa shape index (κ1) is 22.6. The van der Waals surface area contributed by atoms with Crippen molar-refractivity contribution in [1.29, 1.82) is 0 Å². The number of hydrogen-bond acceptors (Lipinski definition) is 5. The summed E-state index contributed by atoms with van der Waals surface area (Å²) in [7, 11) is -0.668. The van der Waals surface area contributed by atoms with Gasteiger partial charge in [0.2, 0.25) is 10.0 Å². The summed E-state index contributed by atoms with van der Waals surface area (Å²) >= 11 is 0. The van der Waals surface area contributed by atoms with E-state index >= 15 is 0 Å². The van der Waals surface area contributed by atoms with Crippen LogP contribution in [0.4, 0.5) is 0 Å². The van der Waals surface area contributed by atoms with Crippen LogP contribution < -0.4 is 14.2 Å². The van der Waals surface area contributed by atoms with Crippen LogP contribution >= 0.6 is 0 Å². The van der Waals surface area contributed by atoms with E-state index in [1.165, 1.54) is 38.7 Å². The van der Waals surface area contributed by atoms with E-state index in [0.717, 1.165) is 31.1 Å². The van der Waals surface area contributed by atoms with Crippen molar-refractivity contribution in [1.82, 2.24) is 9.62 Å². The number of ether oxygens (including phenoxy) is 2. The molecule has 1 fully saturated rings. The van der Waals surface area contributed by atoms with Gasteiger partial charge in [0, 0.05) is 19.2 Å². The molecule has 0 aromatic heterocycles. The maximum Gasteiger partial charge on any atom is 0.241 e. The molecule has 1 aliphatic rings. The van der Waals surface area contributed by atoms with Crippen molar-refractivity contribution in [3.63, 3.8) is 0 Å². The molecule has 1 heterocycles. The second-order valence-corrected chi connectivity index (χ2v) is 9.81. The molecular formula is C23H32N2O4S. The smallest absolute Gasteiger partial charge is 0.241 e. The number of hydrogen-bond donors (Lipinski definition) is 1. The van der Waals surface area contributed by atoms with Gasteiger partial charge in [-0.3, -0.25) is 4.90 Å². The summed E-state index contributed by atoms with van der Waals surface area (Å²) in [5, 5.41) is 0. The van der Waals surface area contributed by atoms with Gasteiger partial charge in [-0.05, 0) is 61.5 Å². The first-order chi connectivity index (χ1) is 14.3. The number of rotatable bonds is 8. The number of nitrogens with zero attached hydrogens (tertiary/aromatic N) is 1. The van der Waals surface area contributed by atoms with Gasteiger partial charge in [-0.25, -0.2) is 13.1 Å². The third kappa shape index (κ3) is 5.53. The Morgan fingerprint density at radius 3 is 2.33 bits per heavy atom. The minimum Gasteiger partial charge on any atom is -0.493 e. The van der Waals surface area contributed by atoms with Crippen molar-refractivity contribution in [3.05, 3.63) is 53.1 Å². The zero-order chi connectivity index (χ0) is 21.7. The summed E-state index contributed by atoms with van der Waals surface area (Å²) in [6.45, 7) is 7.44. The number of benzene rings is 2. The van der Waals surface area contributed by atoms with Gasteiger partial charge >= 0.3 is 0 Å². The number of piperidine rings is 1. The molecule has 0 atom stereocenters. The summed E-state index contributed by atoms with van der Waals surface area (Å²) in [5.74, 6) is 1.71. The molecule has 2 aromatic carbocycles. The van der Waals surface area contributed by atoms with Gasteiger partial charge < -0.3 is 9.47 Å². The molecule has 0 unspecified atom stereocenters. The SMILES string of the molecule is COc1cc(C)c(S(=O)(=O)NCc2cccc(CN3CCC(C)CC3)c2)cc1OC. The monoisotopic (exact) mass is 432 g/mol. The summed E-state index contributed by atoms with van der Waals surface area (Å²) < 4.78 is 39.1. The molecule has 1 aliphatic heterocycles. The van der Waals surface area contributed by atoms with E-state index in [4.69, 9.17) is 9.47 Å². The minimum absolute atomic E-state index is 0.193. The molecule has 164 valence electrons. The average Bonchev–Trinajstić information content (AvgIpc) is 2.74. The van der Waals surface area contributed by atoms with Crippen LogP contribution in [0.5, 0.6) is 11.5 Å². The second kappa shape index (κ2) is 9.81. The van der Waals surface area contributed by atoms with Crippen molar-refractivity contribution >= 4 is 10.0 Å². The molecule has 3 rings (SSSR count). The molecular weight excluding hydrogens is 400 g/mol. The van der Waals surface area contributed by atoms with E-state index in [9.17, 15) is 8.42 Å². The fourth-order valence-corrected chi connectivity index (χ4v) is 5.08. The maximum absolute atomic E-state index is 12.9. The molecule has 0 bridgehead atoms. The van der Waals surface area contributed by atoms with E-state index in [2.05, 4.69) is 28.7 Å². The molecule has 1 saturated heterocycles. The number of likely N-dealkylation sites (tertiary alicyclic amines) is 1. The zero-order valence-corrected chi connectivity index (χ0v) is 19.1. The predicted molar refractivity (Wildman–Crippen MR) is 118 cm³/mol. The van der Waals surface area contributed by atoms with Crippen LogP contribution in [0.2, 0.25) is 0 Å². The highest BCUT2D eigenvalue weighted by Crippen LogP contribution is 2.32. The third-order valence-corrected chi connectivity index (χ3v) is 7.25. The van der Waals surface area contributed by atoms with E-state index in [1.807, 2.05) is 12.1 Å². The highest BCUT2D eigenvalue weighted by atomic mass is 32.2. The lowest BCUT2D eigenvalue weighted by Crippen LogP contribution is -2.32. The Morgan fingerprint density at radius 2 is 1.67 bits per heavy atom. The Hall–Kier alpha value is -2.09. The van der Waals surface area contributed by atoms with Crippen LogP contribution in [0.1, 0.15) is 36.5 Å². The average molecular weight is 433 g/mol. The molecule has 7 heteroatoms. The molecule has 1 N–H and O–H groups in total. The van der Waals surface area contributed by atoms with Crippen LogP contribution in [0.15, 0.2) is 41.3 Å². The Morgan fingerprint density at radius 1 is 1.03 bits per heavy atom. The van der Waals surface area contributed by atoms with E-state index < -0.39 is 10.0 Å².